The number of para-hydroxylation sites is 1. The van der Waals surface area contributed by atoms with Gasteiger partial charge in [-0.3, -0.25) is 4.79 Å². The fourth-order valence-corrected chi connectivity index (χ4v) is 3.42. The highest BCUT2D eigenvalue weighted by Gasteiger charge is 2.08. The van der Waals surface area contributed by atoms with Gasteiger partial charge in [-0.15, -0.1) is 0 Å². The molecule has 3 aromatic carbocycles. The van der Waals surface area contributed by atoms with Crippen molar-refractivity contribution in [2.45, 2.75) is 38.9 Å². The molecule has 33 heavy (non-hydrogen) atoms. The van der Waals surface area contributed by atoms with Gasteiger partial charge >= 0.3 is 0 Å². The lowest BCUT2D eigenvalue weighted by Gasteiger charge is -2.12. The van der Waals surface area contributed by atoms with Crippen LogP contribution in [-0.4, -0.2) is 26.6 Å². The second-order valence-electron chi connectivity index (χ2n) is 7.79. The van der Waals surface area contributed by atoms with E-state index in [4.69, 9.17) is 18.9 Å². The number of carbonyl (C=O) groups excluding carboxylic acids is 1. The van der Waals surface area contributed by atoms with Crippen molar-refractivity contribution in [3.8, 4) is 17.2 Å². The monoisotopic (exact) mass is 448 g/mol. The number of methoxy groups -OCH3 is 2. The van der Waals surface area contributed by atoms with E-state index in [0.29, 0.717) is 39.1 Å². The van der Waals surface area contributed by atoms with Gasteiger partial charge in [0.15, 0.2) is 0 Å². The lowest BCUT2D eigenvalue weighted by Crippen LogP contribution is -2.05. The van der Waals surface area contributed by atoms with Crippen LogP contribution >= 0.6 is 0 Å². The van der Waals surface area contributed by atoms with E-state index in [1.807, 2.05) is 72.8 Å². The summed E-state index contributed by atoms with van der Waals surface area (Å²) in [7, 11) is 3.30. The topological polar surface area (TPSA) is 54.0 Å². The summed E-state index contributed by atoms with van der Waals surface area (Å²) in [5.41, 5.74) is 3.21. The number of carbonyl (C=O) groups is 1. The van der Waals surface area contributed by atoms with Gasteiger partial charge < -0.3 is 18.9 Å². The molecule has 3 aromatic rings. The molecule has 0 fully saturated rings. The summed E-state index contributed by atoms with van der Waals surface area (Å²) in [6.07, 6.45) is 2.42. The van der Waals surface area contributed by atoms with Crippen LogP contribution in [-0.2, 0) is 29.2 Å². The molecule has 0 saturated carbocycles. The van der Waals surface area contributed by atoms with E-state index in [2.05, 4.69) is 0 Å². The van der Waals surface area contributed by atoms with Gasteiger partial charge in [0.25, 0.3) is 0 Å². The molecule has 0 amide bonds. The fourth-order valence-electron chi connectivity index (χ4n) is 3.42. The first-order valence-electron chi connectivity index (χ1n) is 11.2. The number of aryl methyl sites for hydroxylation is 1. The second kappa shape index (κ2) is 13.3. The quantitative estimate of drug-likeness (QED) is 0.293. The van der Waals surface area contributed by atoms with Gasteiger partial charge in [-0.05, 0) is 59.9 Å². The zero-order chi connectivity index (χ0) is 23.3. The normalized spacial score (nSPS) is 10.6. The Morgan fingerprint density at radius 1 is 0.727 bits per heavy atom. The molecule has 0 N–H and O–H groups in total. The Kier molecular flexibility index (Phi) is 9.80. The standard InChI is InChI=1S/C28H32O5/c1-30-26-15-9-22(10-16-26)20-32-19-5-7-25(29)14-13-24-6-3-4-8-28(24)33-21-23-11-17-27(31-2)18-12-23/h3-4,6,8-12,15-18H,5,7,13-14,19-21H2,1-2H3. The highest BCUT2D eigenvalue weighted by Crippen LogP contribution is 2.22. The third kappa shape index (κ3) is 8.28. The average molecular weight is 449 g/mol. The van der Waals surface area contributed by atoms with Crippen LogP contribution in [0, 0.1) is 0 Å². The predicted molar refractivity (Wildman–Crippen MR) is 129 cm³/mol. The molecule has 0 aliphatic heterocycles. The molecule has 0 atom stereocenters. The first kappa shape index (κ1) is 24.3. The van der Waals surface area contributed by atoms with Crippen LogP contribution in [0.1, 0.15) is 36.0 Å². The Balaban J connectivity index is 1.36. The van der Waals surface area contributed by atoms with Crippen LogP contribution in [0.25, 0.3) is 0 Å². The van der Waals surface area contributed by atoms with Crippen molar-refractivity contribution < 1.29 is 23.7 Å². The van der Waals surface area contributed by atoms with Gasteiger partial charge in [-0.2, -0.15) is 0 Å². The smallest absolute Gasteiger partial charge is 0.133 e. The number of benzene rings is 3. The first-order chi connectivity index (χ1) is 16.2. The van der Waals surface area contributed by atoms with Gasteiger partial charge in [0.05, 0.1) is 20.8 Å². The summed E-state index contributed by atoms with van der Waals surface area (Å²) < 4.78 is 22.1. The zero-order valence-electron chi connectivity index (χ0n) is 19.4. The molecule has 0 saturated heterocycles. The van der Waals surface area contributed by atoms with E-state index in [0.717, 1.165) is 40.4 Å². The van der Waals surface area contributed by atoms with E-state index in [1.54, 1.807) is 14.2 Å². The van der Waals surface area contributed by atoms with Crippen molar-refractivity contribution in [2.24, 2.45) is 0 Å². The molecule has 0 radical (unpaired) electrons. The number of hydrogen-bond acceptors (Lipinski definition) is 5. The lowest BCUT2D eigenvalue weighted by atomic mass is 10.0. The van der Waals surface area contributed by atoms with Crippen LogP contribution in [0.2, 0.25) is 0 Å². The summed E-state index contributed by atoms with van der Waals surface area (Å²) in [5, 5.41) is 0. The molecule has 5 heteroatoms. The van der Waals surface area contributed by atoms with Crippen LogP contribution in [0.4, 0.5) is 0 Å². The Hall–Kier alpha value is -3.31. The van der Waals surface area contributed by atoms with Gasteiger partial charge in [0, 0.05) is 19.4 Å². The lowest BCUT2D eigenvalue weighted by molar-refractivity contribution is -0.119. The van der Waals surface area contributed by atoms with Gasteiger partial charge in [0.1, 0.15) is 29.6 Å². The van der Waals surface area contributed by atoms with Gasteiger partial charge in [0.2, 0.25) is 0 Å². The maximum absolute atomic E-state index is 12.3. The molecule has 0 heterocycles. The molecule has 0 unspecified atom stereocenters. The zero-order valence-corrected chi connectivity index (χ0v) is 19.4. The van der Waals surface area contributed by atoms with Crippen molar-refractivity contribution in [1.82, 2.24) is 0 Å². The molecule has 174 valence electrons. The Morgan fingerprint density at radius 3 is 1.97 bits per heavy atom. The maximum atomic E-state index is 12.3. The predicted octanol–water partition coefficient (Wildman–Crippen LogP) is 5.78. The minimum atomic E-state index is 0.244. The molecule has 0 aliphatic carbocycles. The minimum absolute atomic E-state index is 0.244. The van der Waals surface area contributed by atoms with E-state index >= 15 is 0 Å². The largest absolute Gasteiger partial charge is 0.497 e. The molecule has 5 nitrogen and oxygen atoms in total. The summed E-state index contributed by atoms with van der Waals surface area (Å²) in [5.74, 6) is 2.72. The third-order valence-electron chi connectivity index (χ3n) is 5.37. The minimum Gasteiger partial charge on any atom is -0.497 e. The van der Waals surface area contributed by atoms with Crippen molar-refractivity contribution in [3.05, 3.63) is 89.5 Å². The molecule has 0 aromatic heterocycles. The van der Waals surface area contributed by atoms with E-state index in [1.165, 1.54) is 0 Å². The molecule has 3 rings (SSSR count). The van der Waals surface area contributed by atoms with Crippen molar-refractivity contribution in [1.29, 1.82) is 0 Å². The summed E-state index contributed by atoms with van der Waals surface area (Å²) >= 11 is 0. The molecule has 0 aliphatic rings. The average Bonchev–Trinajstić information content (AvgIpc) is 2.87. The molecule has 0 bridgehead atoms. The second-order valence-corrected chi connectivity index (χ2v) is 7.79. The molecular weight excluding hydrogens is 416 g/mol. The van der Waals surface area contributed by atoms with Crippen LogP contribution in [0.15, 0.2) is 72.8 Å². The van der Waals surface area contributed by atoms with Gasteiger partial charge in [-0.1, -0.05) is 42.5 Å². The van der Waals surface area contributed by atoms with Crippen molar-refractivity contribution in [2.75, 3.05) is 20.8 Å². The number of ketones is 1. The van der Waals surface area contributed by atoms with E-state index in [-0.39, 0.29) is 5.78 Å². The first-order valence-corrected chi connectivity index (χ1v) is 11.2. The molecule has 0 spiro atoms. The van der Waals surface area contributed by atoms with Crippen LogP contribution < -0.4 is 14.2 Å². The van der Waals surface area contributed by atoms with Crippen LogP contribution in [0.3, 0.4) is 0 Å². The summed E-state index contributed by atoms with van der Waals surface area (Å²) in [6.45, 7) is 1.58. The Labute approximate surface area is 196 Å². The Bertz CT molecular complexity index is 980. The summed E-state index contributed by atoms with van der Waals surface area (Å²) in [6, 6.07) is 23.5. The van der Waals surface area contributed by atoms with Gasteiger partial charge in [-0.25, -0.2) is 0 Å². The third-order valence-corrected chi connectivity index (χ3v) is 5.37. The number of rotatable bonds is 14. The molecular formula is C28H32O5. The van der Waals surface area contributed by atoms with E-state index < -0.39 is 0 Å². The number of Topliss-reactive ketones (excluding diaryl/α,β-unsaturated/α-hetero) is 1. The van der Waals surface area contributed by atoms with Crippen LogP contribution in [0.5, 0.6) is 17.2 Å². The number of ether oxygens (including phenoxy) is 4. The van der Waals surface area contributed by atoms with Crippen molar-refractivity contribution >= 4 is 5.78 Å². The van der Waals surface area contributed by atoms with Crippen molar-refractivity contribution in [3.63, 3.8) is 0 Å². The highest BCUT2D eigenvalue weighted by molar-refractivity contribution is 5.78. The fraction of sp³-hybridized carbons (Fsp3) is 0.321. The Morgan fingerprint density at radius 2 is 1.33 bits per heavy atom. The SMILES string of the molecule is COc1ccc(COCCCC(=O)CCc2ccccc2OCc2ccc(OC)cc2)cc1. The number of hydrogen-bond donors (Lipinski definition) is 0. The highest BCUT2D eigenvalue weighted by atomic mass is 16.5. The summed E-state index contributed by atoms with van der Waals surface area (Å²) in [4.78, 5) is 12.3. The van der Waals surface area contributed by atoms with E-state index in [9.17, 15) is 4.79 Å². The maximum Gasteiger partial charge on any atom is 0.133 e.